The Hall–Kier alpha value is -1.35. The Labute approximate surface area is 123 Å². The Kier molecular flexibility index (Phi) is 5.75. The van der Waals surface area contributed by atoms with Crippen LogP contribution >= 0.6 is 0 Å². The molecule has 0 radical (unpaired) electrons. The first-order valence-electron chi connectivity index (χ1n) is 7.36. The van der Waals surface area contributed by atoms with Crippen LogP contribution in [0.4, 0.5) is 0 Å². The Morgan fingerprint density at radius 1 is 1.20 bits per heavy atom. The van der Waals surface area contributed by atoms with Crippen molar-refractivity contribution in [3.05, 3.63) is 34.4 Å². The molecule has 3 nitrogen and oxygen atoms in total. The van der Waals surface area contributed by atoms with Crippen LogP contribution in [-0.4, -0.2) is 30.4 Å². The summed E-state index contributed by atoms with van der Waals surface area (Å²) in [4.78, 5) is 13.9. The third-order valence-electron chi connectivity index (χ3n) is 3.89. The van der Waals surface area contributed by atoms with Crippen LogP contribution in [0.2, 0.25) is 0 Å². The maximum absolute atomic E-state index is 12.1. The second kappa shape index (κ2) is 6.89. The zero-order valence-corrected chi connectivity index (χ0v) is 13.9. The summed E-state index contributed by atoms with van der Waals surface area (Å²) in [5, 5.41) is 3.42. The van der Waals surface area contributed by atoms with E-state index in [4.69, 9.17) is 0 Å². The summed E-state index contributed by atoms with van der Waals surface area (Å²) in [5.41, 5.74) is 5.15. The molecule has 0 heterocycles. The average molecular weight is 276 g/mol. The number of amides is 1. The zero-order chi connectivity index (χ0) is 15.4. The van der Waals surface area contributed by atoms with E-state index in [1.54, 1.807) is 4.90 Å². The van der Waals surface area contributed by atoms with Crippen molar-refractivity contribution in [2.75, 3.05) is 13.6 Å². The summed E-state index contributed by atoms with van der Waals surface area (Å²) in [5.74, 6) is 0.141. The number of hydrogen-bond acceptors (Lipinski definition) is 2. The monoisotopic (exact) mass is 276 g/mol. The number of carbonyl (C=O) groups excluding carboxylic acids is 1. The molecule has 1 amide bonds. The Morgan fingerprint density at radius 2 is 1.70 bits per heavy atom. The van der Waals surface area contributed by atoms with Crippen molar-refractivity contribution in [3.63, 3.8) is 0 Å². The molecule has 20 heavy (non-hydrogen) atoms. The fraction of sp³-hybridized carbons (Fsp3) is 0.588. The van der Waals surface area contributed by atoms with Gasteiger partial charge in [0.25, 0.3) is 0 Å². The first kappa shape index (κ1) is 16.7. The lowest BCUT2D eigenvalue weighted by atomic mass is 9.94. The van der Waals surface area contributed by atoms with E-state index in [2.05, 4.69) is 45.1 Å². The van der Waals surface area contributed by atoms with Gasteiger partial charge in [0.1, 0.15) is 0 Å². The molecule has 2 atom stereocenters. The molecule has 0 saturated carbocycles. The minimum absolute atomic E-state index is 0.141. The highest BCUT2D eigenvalue weighted by atomic mass is 16.2. The van der Waals surface area contributed by atoms with Crippen LogP contribution in [-0.2, 0) is 4.79 Å². The normalized spacial score (nSPS) is 13.9. The Morgan fingerprint density at radius 3 is 2.15 bits per heavy atom. The molecule has 1 aromatic rings. The molecule has 0 spiro atoms. The Balaban J connectivity index is 2.87. The van der Waals surface area contributed by atoms with Gasteiger partial charge in [-0.2, -0.15) is 0 Å². The van der Waals surface area contributed by atoms with Crippen molar-refractivity contribution in [1.29, 1.82) is 0 Å². The van der Waals surface area contributed by atoms with Crippen LogP contribution in [0.5, 0.6) is 0 Å². The van der Waals surface area contributed by atoms with Crippen molar-refractivity contribution in [2.45, 2.75) is 53.6 Å². The van der Waals surface area contributed by atoms with Crippen molar-refractivity contribution < 1.29 is 4.79 Å². The largest absolute Gasteiger partial charge is 0.345 e. The van der Waals surface area contributed by atoms with Crippen molar-refractivity contribution in [1.82, 2.24) is 10.2 Å². The number of nitrogens with zero attached hydrogens (tertiary/aromatic N) is 1. The summed E-state index contributed by atoms with van der Waals surface area (Å²) in [7, 11) is 1.84. The maximum Gasteiger partial charge on any atom is 0.239 e. The second-order valence-electron chi connectivity index (χ2n) is 5.77. The zero-order valence-electron chi connectivity index (χ0n) is 13.9. The number of benzene rings is 1. The van der Waals surface area contributed by atoms with Gasteiger partial charge in [-0.3, -0.25) is 10.1 Å². The van der Waals surface area contributed by atoms with Gasteiger partial charge in [0.2, 0.25) is 5.91 Å². The van der Waals surface area contributed by atoms with E-state index >= 15 is 0 Å². The standard InChI is InChI=1S/C17H28N2O/c1-8-19(7)17(20)15(6)18-14(5)16-12(3)9-11(2)10-13(16)4/h9-10,14-15,18H,8H2,1-7H3. The first-order valence-corrected chi connectivity index (χ1v) is 7.36. The van der Waals surface area contributed by atoms with Crippen molar-refractivity contribution in [3.8, 4) is 0 Å². The molecule has 1 rings (SSSR count). The van der Waals surface area contributed by atoms with Crippen molar-refractivity contribution in [2.24, 2.45) is 0 Å². The quantitative estimate of drug-likeness (QED) is 0.896. The molecule has 0 fully saturated rings. The molecule has 0 aliphatic rings. The molecule has 0 aromatic heterocycles. The summed E-state index contributed by atoms with van der Waals surface area (Å²) in [6.45, 7) is 13.2. The number of nitrogens with one attached hydrogen (secondary N) is 1. The van der Waals surface area contributed by atoms with Crippen LogP contribution in [0.1, 0.15) is 49.1 Å². The van der Waals surface area contributed by atoms with E-state index < -0.39 is 0 Å². The summed E-state index contributed by atoms with van der Waals surface area (Å²) in [6.07, 6.45) is 0. The predicted octanol–water partition coefficient (Wildman–Crippen LogP) is 3.13. The summed E-state index contributed by atoms with van der Waals surface area (Å²) < 4.78 is 0. The predicted molar refractivity (Wildman–Crippen MR) is 85.0 cm³/mol. The Bertz CT molecular complexity index is 459. The highest BCUT2D eigenvalue weighted by Crippen LogP contribution is 2.23. The lowest BCUT2D eigenvalue weighted by Gasteiger charge is -2.26. The van der Waals surface area contributed by atoms with Gasteiger partial charge in [-0.25, -0.2) is 0 Å². The van der Waals surface area contributed by atoms with Gasteiger partial charge in [0, 0.05) is 19.6 Å². The fourth-order valence-corrected chi connectivity index (χ4v) is 2.89. The van der Waals surface area contributed by atoms with Gasteiger partial charge >= 0.3 is 0 Å². The minimum atomic E-state index is -0.171. The molecule has 112 valence electrons. The third kappa shape index (κ3) is 3.83. The van der Waals surface area contributed by atoms with Gasteiger partial charge in [0.05, 0.1) is 6.04 Å². The van der Waals surface area contributed by atoms with Crippen LogP contribution < -0.4 is 5.32 Å². The van der Waals surface area contributed by atoms with Crippen molar-refractivity contribution >= 4 is 5.91 Å². The average Bonchev–Trinajstić information content (AvgIpc) is 2.35. The number of hydrogen-bond donors (Lipinski definition) is 1. The van der Waals surface area contributed by atoms with Crippen LogP contribution in [0.25, 0.3) is 0 Å². The molecule has 0 saturated heterocycles. The smallest absolute Gasteiger partial charge is 0.239 e. The van der Waals surface area contributed by atoms with E-state index in [9.17, 15) is 4.79 Å². The SMILES string of the molecule is CCN(C)C(=O)C(C)NC(C)c1c(C)cc(C)cc1C. The minimum Gasteiger partial charge on any atom is -0.345 e. The van der Waals surface area contributed by atoms with Gasteiger partial charge in [0.15, 0.2) is 0 Å². The molecular weight excluding hydrogens is 248 g/mol. The lowest BCUT2D eigenvalue weighted by Crippen LogP contribution is -2.44. The van der Waals surface area contributed by atoms with E-state index in [1.165, 1.54) is 22.3 Å². The number of rotatable bonds is 5. The number of likely N-dealkylation sites (N-methyl/N-ethyl adjacent to an activating group) is 1. The maximum atomic E-state index is 12.1. The van der Waals surface area contributed by atoms with E-state index in [0.717, 1.165) is 6.54 Å². The van der Waals surface area contributed by atoms with Gasteiger partial charge in [-0.15, -0.1) is 0 Å². The highest BCUT2D eigenvalue weighted by Gasteiger charge is 2.20. The van der Waals surface area contributed by atoms with Crippen LogP contribution in [0.15, 0.2) is 12.1 Å². The molecule has 3 heteroatoms. The van der Waals surface area contributed by atoms with Gasteiger partial charge in [-0.1, -0.05) is 17.7 Å². The lowest BCUT2D eigenvalue weighted by molar-refractivity contribution is -0.131. The fourth-order valence-electron chi connectivity index (χ4n) is 2.89. The number of carbonyl (C=O) groups is 1. The second-order valence-corrected chi connectivity index (χ2v) is 5.77. The molecule has 1 aromatic carbocycles. The van der Waals surface area contributed by atoms with Crippen LogP contribution in [0, 0.1) is 20.8 Å². The van der Waals surface area contributed by atoms with Gasteiger partial charge < -0.3 is 4.90 Å². The van der Waals surface area contributed by atoms with Gasteiger partial charge in [-0.05, 0) is 58.2 Å². The number of aryl methyl sites for hydroxylation is 3. The molecule has 0 bridgehead atoms. The molecule has 1 N–H and O–H groups in total. The third-order valence-corrected chi connectivity index (χ3v) is 3.89. The topological polar surface area (TPSA) is 32.3 Å². The molecule has 0 aliphatic carbocycles. The summed E-state index contributed by atoms with van der Waals surface area (Å²) in [6, 6.07) is 4.39. The molecular formula is C17H28N2O. The molecule has 0 aliphatic heterocycles. The van der Waals surface area contributed by atoms with E-state index in [1.807, 2.05) is 20.9 Å². The molecule has 2 unspecified atom stereocenters. The first-order chi connectivity index (χ1) is 9.27. The van der Waals surface area contributed by atoms with Crippen LogP contribution in [0.3, 0.4) is 0 Å². The van der Waals surface area contributed by atoms with E-state index in [-0.39, 0.29) is 18.0 Å². The van der Waals surface area contributed by atoms with E-state index in [0.29, 0.717) is 0 Å². The summed E-state index contributed by atoms with van der Waals surface area (Å²) >= 11 is 0. The highest BCUT2D eigenvalue weighted by molar-refractivity contribution is 5.81.